The summed E-state index contributed by atoms with van der Waals surface area (Å²) in [5.41, 5.74) is 6.95. The summed E-state index contributed by atoms with van der Waals surface area (Å²) < 4.78 is 57.6. The number of halogens is 3. The molecule has 20 nitrogen and oxygen atoms in total. The number of anilines is 1. The number of aromatic nitrogens is 2. The van der Waals surface area contributed by atoms with Crippen molar-refractivity contribution in [3.63, 3.8) is 0 Å². The van der Waals surface area contributed by atoms with Gasteiger partial charge in [0.2, 0.25) is 11.8 Å². The first-order valence-electron chi connectivity index (χ1n) is 27.7. The second-order valence-electron chi connectivity index (χ2n) is 20.9. The molecule has 2 aliphatic rings. The molecule has 23 heteroatoms. The van der Waals surface area contributed by atoms with Crippen LogP contribution in [-0.2, 0) is 51.4 Å². The summed E-state index contributed by atoms with van der Waals surface area (Å²) in [5, 5.41) is 21.4. The third-order valence-corrected chi connectivity index (χ3v) is 14.3. The number of ketones is 1. The number of nitrogens with zero attached hydrogens (tertiary/aromatic N) is 4. The summed E-state index contributed by atoms with van der Waals surface area (Å²) in [4.78, 5) is 110. The molecular weight excluding hydrogens is 1070 g/mol. The third-order valence-electron chi connectivity index (χ3n) is 14.3. The highest BCUT2D eigenvalue weighted by Crippen LogP contribution is 2.38. The fraction of sp³-hybridized carbons (Fsp3) is 0.475. The van der Waals surface area contributed by atoms with Crippen LogP contribution in [0.4, 0.5) is 28.4 Å². The van der Waals surface area contributed by atoms with Crippen LogP contribution in [0.2, 0.25) is 0 Å². The molecule has 0 saturated carbocycles. The number of primary amides is 1. The van der Waals surface area contributed by atoms with Crippen molar-refractivity contribution in [2.45, 2.75) is 122 Å². The van der Waals surface area contributed by atoms with Crippen molar-refractivity contribution in [3.8, 4) is 11.3 Å². The van der Waals surface area contributed by atoms with Crippen molar-refractivity contribution >= 4 is 53.1 Å². The third kappa shape index (κ3) is 18.8. The summed E-state index contributed by atoms with van der Waals surface area (Å²) in [7, 11) is 0. The molecule has 1 saturated heterocycles. The molecule has 7 N–H and O–H groups in total. The largest absolute Gasteiger partial charge is 0.445 e. The number of aliphatic hydroxyl groups is 1. The Hall–Kier alpha value is -7.92. The number of urea groups is 1. The topological polar surface area (TPSA) is 274 Å². The van der Waals surface area contributed by atoms with Gasteiger partial charge >= 0.3 is 12.1 Å². The van der Waals surface area contributed by atoms with Gasteiger partial charge in [0.15, 0.2) is 5.78 Å². The number of benzene rings is 3. The van der Waals surface area contributed by atoms with Crippen LogP contribution in [0.1, 0.15) is 108 Å². The summed E-state index contributed by atoms with van der Waals surface area (Å²) in [6, 6.07) is 15.0. The molecule has 3 aromatic carbocycles. The number of nitrogens with one attached hydrogen (secondary N) is 4. The highest BCUT2D eigenvalue weighted by Gasteiger charge is 2.39. The minimum Gasteiger partial charge on any atom is -0.445 e. The number of ether oxygens (including phenoxy) is 2. The summed E-state index contributed by atoms with van der Waals surface area (Å²) >= 11 is 0. The zero-order chi connectivity index (χ0) is 59.3. The van der Waals surface area contributed by atoms with Crippen molar-refractivity contribution in [2.24, 2.45) is 23.5 Å². The number of carbonyl (C=O) groups is 8. The molecule has 0 bridgehead atoms. The van der Waals surface area contributed by atoms with Crippen molar-refractivity contribution in [2.75, 3.05) is 44.8 Å². The van der Waals surface area contributed by atoms with Gasteiger partial charge in [-0.2, -0.15) is 0 Å². The van der Waals surface area contributed by atoms with E-state index >= 15 is 4.39 Å². The molecular formula is C59H74F3N9O11. The molecule has 0 unspecified atom stereocenters. The minimum atomic E-state index is -1.50. The summed E-state index contributed by atoms with van der Waals surface area (Å²) in [6.45, 7) is 4.70. The van der Waals surface area contributed by atoms with E-state index in [-0.39, 0.29) is 105 Å². The van der Waals surface area contributed by atoms with Crippen LogP contribution in [0.25, 0.3) is 11.3 Å². The number of hydrogen-bond donors (Lipinski definition) is 6. The Morgan fingerprint density at radius 1 is 0.878 bits per heavy atom. The van der Waals surface area contributed by atoms with Crippen molar-refractivity contribution in [1.82, 2.24) is 35.3 Å². The Labute approximate surface area is 474 Å². The van der Waals surface area contributed by atoms with E-state index < -0.39 is 72.4 Å². The molecule has 442 valence electrons. The van der Waals surface area contributed by atoms with Crippen LogP contribution >= 0.6 is 0 Å². The van der Waals surface area contributed by atoms with Gasteiger partial charge in [-0.05, 0) is 105 Å². The van der Waals surface area contributed by atoms with E-state index in [4.69, 9.17) is 20.2 Å². The standard InChI is InChI=1S/C59H74F3N9O11/c1-37(2)53(68-50(74)14-8-5-9-27-70-51(75)21-22-52(70)76)49(73)31-42(13-10-26-64-58(63)79)56(77)65-44-18-15-40(16-19-44)36-82-59(80)66-45(33-60)23-28-71(57(78)38(3)72)54(41-24-29-81-30-25-41)55-67-48(46-32-43(61)17-20-47(46)62)35-69(55)34-39-11-6-4-7-12-39/h4,6-7,11-12,15-22,32,35,37-38,41-42,45,53-54,72H,5,8-10,13-14,23-31,33-34,36H2,1-3H3,(H,65,77)(H,66,80)(H,68,74)(H3,63,64,79)/t38-,42+,45-,53-,54+/m0/s1. The minimum absolute atomic E-state index is 0.0932. The SMILES string of the molecule is CC(C)[C@H](NC(=O)CCCCCN1C(=O)C=CC1=O)C(=O)C[C@@H](CCCNC(N)=O)C(=O)Nc1ccc(COC(=O)N[C@H](CF)CCN(C(=O)[C@H](C)O)[C@@H](c2nc(-c3cc(F)ccc3F)cn2Cc2ccccc2)C2CCOCC2)cc1. The van der Waals surface area contributed by atoms with Gasteiger partial charge in [-0.1, -0.05) is 62.7 Å². The molecule has 5 atom stereocenters. The Kier molecular flexibility index (Phi) is 24.2. The number of alkyl halides is 1. The van der Waals surface area contributed by atoms with Gasteiger partial charge in [-0.25, -0.2) is 27.7 Å². The van der Waals surface area contributed by atoms with E-state index in [1.165, 1.54) is 24.0 Å². The Bertz CT molecular complexity index is 2840. The fourth-order valence-electron chi connectivity index (χ4n) is 9.93. The Balaban J connectivity index is 1.07. The Morgan fingerprint density at radius 3 is 2.24 bits per heavy atom. The molecule has 82 heavy (non-hydrogen) atoms. The molecule has 0 aliphatic carbocycles. The van der Waals surface area contributed by atoms with Crippen molar-refractivity contribution in [1.29, 1.82) is 0 Å². The lowest BCUT2D eigenvalue weighted by molar-refractivity contribution is -0.144. The number of rotatable bonds is 31. The number of nitrogens with two attached hydrogens (primary N) is 1. The molecule has 1 aromatic heterocycles. The van der Waals surface area contributed by atoms with Crippen LogP contribution in [0.5, 0.6) is 0 Å². The molecule has 3 heterocycles. The van der Waals surface area contributed by atoms with Crippen LogP contribution in [-0.4, -0.2) is 130 Å². The highest BCUT2D eigenvalue weighted by molar-refractivity contribution is 6.12. The van der Waals surface area contributed by atoms with Gasteiger partial charge in [0.25, 0.3) is 17.7 Å². The first kappa shape index (κ1) is 63.3. The van der Waals surface area contributed by atoms with Crippen LogP contribution in [0.3, 0.4) is 0 Å². The predicted octanol–water partition coefficient (Wildman–Crippen LogP) is 6.80. The smallest absolute Gasteiger partial charge is 0.407 e. The number of unbranched alkanes of at least 4 members (excludes halogenated alkanes) is 2. The van der Waals surface area contributed by atoms with Gasteiger partial charge < -0.3 is 51.0 Å². The molecule has 8 amide bonds. The molecule has 1 fully saturated rings. The van der Waals surface area contributed by atoms with E-state index in [1.807, 2.05) is 30.3 Å². The number of aliphatic hydroxyl groups excluding tert-OH is 1. The average Bonchev–Trinajstić information content (AvgIpc) is 3.76. The first-order valence-corrected chi connectivity index (χ1v) is 27.7. The normalized spacial score (nSPS) is 15.3. The van der Waals surface area contributed by atoms with E-state index in [9.17, 15) is 52.2 Å². The van der Waals surface area contributed by atoms with E-state index in [0.717, 1.165) is 28.7 Å². The maximum atomic E-state index is 15.3. The van der Waals surface area contributed by atoms with Gasteiger partial charge in [-0.15, -0.1) is 0 Å². The van der Waals surface area contributed by atoms with Crippen LogP contribution < -0.4 is 27.0 Å². The molecule has 2 aliphatic heterocycles. The summed E-state index contributed by atoms with van der Waals surface area (Å²) in [5.74, 6) is -5.21. The molecule has 0 spiro atoms. The lowest BCUT2D eigenvalue weighted by atomic mass is 9.89. The molecule has 4 aromatic rings. The second kappa shape index (κ2) is 31.3. The maximum Gasteiger partial charge on any atom is 0.407 e. The predicted molar refractivity (Wildman–Crippen MR) is 297 cm³/mol. The lowest BCUT2D eigenvalue weighted by Crippen LogP contribution is -2.47. The van der Waals surface area contributed by atoms with Crippen molar-refractivity contribution in [3.05, 3.63) is 120 Å². The number of carbonyl (C=O) groups excluding carboxylic acids is 8. The molecule has 6 rings (SSSR count). The number of hydrogen-bond acceptors (Lipinski definition) is 12. The van der Waals surface area contributed by atoms with Gasteiger partial charge in [0, 0.05) is 87.8 Å². The quantitative estimate of drug-likeness (QED) is 0.0224. The zero-order valence-electron chi connectivity index (χ0n) is 46.5. The van der Waals surface area contributed by atoms with Gasteiger partial charge in [0.05, 0.1) is 23.8 Å². The van der Waals surface area contributed by atoms with Crippen molar-refractivity contribution < 1.29 is 66.1 Å². The maximum absolute atomic E-state index is 15.3. The Morgan fingerprint density at radius 2 is 1.59 bits per heavy atom. The average molecular weight is 1140 g/mol. The number of imidazole rings is 1. The number of Topliss-reactive ketones (excluding diaryl/α,β-unsaturated/α-hetero) is 1. The second-order valence-corrected chi connectivity index (χ2v) is 20.9. The highest BCUT2D eigenvalue weighted by atomic mass is 19.1. The number of imide groups is 1. The summed E-state index contributed by atoms with van der Waals surface area (Å²) in [6.07, 6.45) is 4.27. The number of alkyl carbamates (subject to hydrolysis) is 1. The number of amides is 8. The zero-order valence-corrected chi connectivity index (χ0v) is 46.5. The van der Waals surface area contributed by atoms with E-state index in [2.05, 4.69) is 21.3 Å². The van der Waals surface area contributed by atoms with Crippen LogP contribution in [0.15, 0.2) is 91.1 Å². The fourth-order valence-corrected chi connectivity index (χ4v) is 9.93. The van der Waals surface area contributed by atoms with Crippen LogP contribution in [0, 0.1) is 29.4 Å². The lowest BCUT2D eigenvalue weighted by Gasteiger charge is -2.39. The van der Waals surface area contributed by atoms with Gasteiger partial charge in [0.1, 0.15) is 36.8 Å². The monoisotopic (exact) mass is 1140 g/mol. The van der Waals surface area contributed by atoms with Gasteiger partial charge in [-0.3, -0.25) is 33.7 Å². The van der Waals surface area contributed by atoms with E-state index in [1.54, 1.807) is 48.9 Å². The first-order chi connectivity index (χ1) is 39.3. The van der Waals surface area contributed by atoms with E-state index in [0.29, 0.717) is 68.8 Å². The molecule has 0 radical (unpaired) electrons.